The fraction of sp³-hybridized carbons (Fsp3) is 0.773. The van der Waals surface area contributed by atoms with Crippen LogP contribution >= 0.6 is 11.9 Å². The van der Waals surface area contributed by atoms with Crippen molar-refractivity contribution in [3.05, 3.63) is 35.9 Å². The van der Waals surface area contributed by atoms with E-state index < -0.39 is 24.3 Å². The summed E-state index contributed by atoms with van der Waals surface area (Å²) >= 11 is 1.46. The Balaban J connectivity index is 0. The van der Waals surface area contributed by atoms with Crippen molar-refractivity contribution in [3.8, 4) is 0 Å². The van der Waals surface area contributed by atoms with Crippen LogP contribution in [0.1, 0.15) is 79.6 Å². The molecule has 380 valence electrons. The molecular formula is C44H84N6O14S. The fourth-order valence-corrected chi connectivity index (χ4v) is 6.03. The van der Waals surface area contributed by atoms with Crippen molar-refractivity contribution >= 4 is 35.8 Å². The molecule has 0 aromatic rings. The molecule has 1 fully saturated rings. The van der Waals surface area contributed by atoms with Crippen LogP contribution in [0, 0.1) is 11.8 Å². The van der Waals surface area contributed by atoms with E-state index in [2.05, 4.69) is 52.1 Å². The van der Waals surface area contributed by atoms with Crippen LogP contribution < -0.4 is 31.7 Å². The maximum Gasteiger partial charge on any atom is 0.314 e. The smallest absolute Gasteiger partial charge is 0.314 e. The first-order chi connectivity index (χ1) is 31.1. The summed E-state index contributed by atoms with van der Waals surface area (Å²) in [6.07, 6.45) is 6.78. The number of carbonyl (C=O) groups is 4. The molecule has 21 heteroatoms. The highest BCUT2D eigenvalue weighted by Crippen LogP contribution is 2.23. The molecule has 0 aromatic carbocycles. The van der Waals surface area contributed by atoms with E-state index in [0.717, 1.165) is 25.0 Å². The third kappa shape index (κ3) is 41.8. The average molecular weight is 953 g/mol. The molecule has 20 nitrogen and oxygen atoms in total. The largest absolute Gasteiger partial charge is 0.481 e. The van der Waals surface area contributed by atoms with Crippen molar-refractivity contribution in [1.29, 1.82) is 0 Å². The number of hydrogen-bond donors (Lipinski definition) is 10. The van der Waals surface area contributed by atoms with Crippen LogP contribution in [0.2, 0.25) is 0 Å². The number of amides is 4. The van der Waals surface area contributed by atoms with Gasteiger partial charge in [-0.05, 0) is 55.6 Å². The number of ether oxygens (including phenoxy) is 6. The molecule has 0 radical (unpaired) electrons. The standard InChI is InChI=1S/C23H41N3O6S.C19H38N2O7.C2H5NO/c1-5-20(18-23(28)29)19(3)26-21(6-2)8-7-17-33-25-10-12-31-14-16-32-15-13-30-11-9-22(27)24-4;1-14(2)5-6-20-19(25)21-7-9-27-11-10-26-8-3-4-15-12-16(23)18(24)17(13-22)28-15;1-2(3)4/h6-8,17,19-20,25-26H,2,5,9-16,18H2,1,3-4H3,(H,24,27)(H,28,29);14-18,22-24H,3-13H2,1-2H3,(H2,20,21,25);1H3,(H2,3,4)/b17-7+,21-8+;;. The van der Waals surface area contributed by atoms with Gasteiger partial charge in [-0.1, -0.05) is 51.8 Å². The van der Waals surface area contributed by atoms with Gasteiger partial charge in [-0.2, -0.15) is 0 Å². The summed E-state index contributed by atoms with van der Waals surface area (Å²) in [5, 5.41) is 50.9. The summed E-state index contributed by atoms with van der Waals surface area (Å²) < 4.78 is 35.8. The normalized spacial score (nSPS) is 18.1. The molecule has 11 N–H and O–H groups in total. The fourth-order valence-electron chi connectivity index (χ4n) is 5.58. The number of aliphatic carboxylic acids is 1. The monoisotopic (exact) mass is 953 g/mol. The number of nitrogens with one attached hydrogen (secondary N) is 5. The van der Waals surface area contributed by atoms with E-state index in [1.807, 2.05) is 31.4 Å². The summed E-state index contributed by atoms with van der Waals surface area (Å²) in [6.45, 7) is 19.6. The van der Waals surface area contributed by atoms with Crippen LogP contribution in [0.15, 0.2) is 35.9 Å². The maximum atomic E-state index is 11.5. The van der Waals surface area contributed by atoms with Crippen LogP contribution in [-0.4, -0.2) is 174 Å². The topological polar surface area (TPSA) is 291 Å². The van der Waals surface area contributed by atoms with Crippen molar-refractivity contribution in [1.82, 2.24) is 26.0 Å². The number of carboxylic acid groups (broad SMARTS) is 1. The highest BCUT2D eigenvalue weighted by atomic mass is 32.2. The van der Waals surface area contributed by atoms with E-state index >= 15 is 0 Å². The number of rotatable bonds is 36. The molecule has 0 saturated carbocycles. The number of nitrogens with two attached hydrogens (primary N) is 1. The maximum absolute atomic E-state index is 11.5. The first kappa shape index (κ1) is 63.7. The highest BCUT2D eigenvalue weighted by Gasteiger charge is 2.35. The molecule has 4 amide bonds. The number of carboxylic acids is 1. The molecule has 0 aliphatic carbocycles. The van der Waals surface area contributed by atoms with E-state index in [-0.39, 0.29) is 48.9 Å². The number of allylic oxidation sites excluding steroid dienone is 3. The minimum Gasteiger partial charge on any atom is -0.481 e. The number of aliphatic hydroxyl groups excluding tert-OH is 3. The van der Waals surface area contributed by atoms with Gasteiger partial charge >= 0.3 is 12.0 Å². The Hall–Kier alpha value is -3.35. The quantitative estimate of drug-likeness (QED) is 0.0244. The Kier molecular flexibility index (Phi) is 43.6. The Morgan fingerprint density at radius 2 is 1.46 bits per heavy atom. The number of primary amides is 1. The summed E-state index contributed by atoms with van der Waals surface area (Å²) in [7, 11) is 1.60. The lowest BCUT2D eigenvalue weighted by molar-refractivity contribution is -0.181. The van der Waals surface area contributed by atoms with Crippen molar-refractivity contribution in [2.45, 2.75) is 110 Å². The van der Waals surface area contributed by atoms with E-state index in [4.69, 9.17) is 38.6 Å². The lowest BCUT2D eigenvalue weighted by atomic mass is 9.94. The second-order valence-corrected chi connectivity index (χ2v) is 16.0. The molecule has 1 saturated heterocycles. The highest BCUT2D eigenvalue weighted by molar-refractivity contribution is 8.00. The van der Waals surface area contributed by atoms with Gasteiger partial charge in [-0.15, -0.1) is 0 Å². The van der Waals surface area contributed by atoms with Crippen LogP contribution in [0.25, 0.3) is 0 Å². The van der Waals surface area contributed by atoms with Gasteiger partial charge in [0.05, 0.1) is 84.7 Å². The van der Waals surface area contributed by atoms with Gasteiger partial charge in [0.25, 0.3) is 0 Å². The van der Waals surface area contributed by atoms with Crippen molar-refractivity contribution in [2.24, 2.45) is 17.6 Å². The van der Waals surface area contributed by atoms with Crippen LogP contribution in [0.4, 0.5) is 4.79 Å². The second kappa shape index (κ2) is 44.5. The van der Waals surface area contributed by atoms with Crippen molar-refractivity contribution in [2.75, 3.05) is 99.4 Å². The van der Waals surface area contributed by atoms with Crippen LogP contribution in [0.3, 0.4) is 0 Å². The molecule has 1 heterocycles. The van der Waals surface area contributed by atoms with Gasteiger partial charge < -0.3 is 75.8 Å². The Morgan fingerprint density at radius 3 is 2.02 bits per heavy atom. The van der Waals surface area contributed by atoms with Gasteiger partial charge in [0.2, 0.25) is 11.8 Å². The van der Waals surface area contributed by atoms with Gasteiger partial charge in [-0.3, -0.25) is 19.1 Å². The number of aliphatic hydroxyl groups is 3. The predicted molar refractivity (Wildman–Crippen MR) is 252 cm³/mol. The number of urea groups is 1. The molecule has 0 bridgehead atoms. The minimum absolute atomic E-state index is 0.0359. The first-order valence-electron chi connectivity index (χ1n) is 22.5. The average Bonchev–Trinajstić information content (AvgIpc) is 3.26. The zero-order chi connectivity index (χ0) is 49.1. The van der Waals surface area contributed by atoms with E-state index in [1.54, 1.807) is 13.1 Å². The summed E-state index contributed by atoms with van der Waals surface area (Å²) in [5.41, 5.74) is 5.32. The number of carbonyl (C=O) groups excluding carboxylic acids is 3. The Morgan fingerprint density at radius 1 is 0.892 bits per heavy atom. The molecule has 65 heavy (non-hydrogen) atoms. The molecule has 6 atom stereocenters. The second-order valence-electron chi connectivity index (χ2n) is 15.2. The molecule has 0 spiro atoms. The molecule has 1 aliphatic rings. The van der Waals surface area contributed by atoms with Gasteiger partial charge in [-0.25, -0.2) is 4.79 Å². The lowest BCUT2D eigenvalue weighted by Crippen LogP contribution is -2.49. The van der Waals surface area contributed by atoms with Crippen molar-refractivity contribution in [3.63, 3.8) is 0 Å². The van der Waals surface area contributed by atoms with Gasteiger partial charge in [0.15, 0.2) is 0 Å². The summed E-state index contributed by atoms with van der Waals surface area (Å²) in [6, 6.07) is -0.135. The van der Waals surface area contributed by atoms with Crippen LogP contribution in [-0.2, 0) is 42.8 Å². The third-order valence-electron chi connectivity index (χ3n) is 9.19. The molecule has 0 aromatic heterocycles. The van der Waals surface area contributed by atoms with E-state index in [9.17, 15) is 29.4 Å². The summed E-state index contributed by atoms with van der Waals surface area (Å²) in [4.78, 5) is 42.7. The van der Waals surface area contributed by atoms with Crippen LogP contribution in [0.5, 0.6) is 0 Å². The molecule has 1 aliphatic heterocycles. The Bertz CT molecular complexity index is 1280. The van der Waals surface area contributed by atoms with Gasteiger partial charge in [0, 0.05) is 64.8 Å². The minimum atomic E-state index is -1.03. The molecule has 6 unspecified atom stereocenters. The third-order valence-corrected chi connectivity index (χ3v) is 9.85. The number of hydrogen-bond acceptors (Lipinski definition) is 16. The first-order valence-corrected chi connectivity index (χ1v) is 23.3. The van der Waals surface area contributed by atoms with Gasteiger partial charge in [0.1, 0.15) is 12.2 Å². The molecular weight excluding hydrogens is 869 g/mol. The lowest BCUT2D eigenvalue weighted by Gasteiger charge is -2.36. The summed E-state index contributed by atoms with van der Waals surface area (Å²) in [5.74, 6) is -0.522. The molecule has 1 rings (SSSR count). The van der Waals surface area contributed by atoms with E-state index in [0.29, 0.717) is 111 Å². The van der Waals surface area contributed by atoms with Crippen molar-refractivity contribution < 1.29 is 68.0 Å². The Labute approximate surface area is 391 Å². The zero-order valence-corrected chi connectivity index (χ0v) is 40.6. The SMILES string of the molecule is C=C/C(=C\C=C\SNCCOCCOCCOCCC(=O)NC)NC(C)C(CC)CC(=O)O.CC(C)CCNC(=O)NCCOCCOCCCC1CC(O)C(O)C(CO)O1.CC(N)=O. The zero-order valence-electron chi connectivity index (χ0n) is 39.8. The predicted octanol–water partition coefficient (Wildman–Crippen LogP) is 1.98. The van der Waals surface area contributed by atoms with E-state index in [1.165, 1.54) is 18.9 Å².